The van der Waals surface area contributed by atoms with Crippen LogP contribution in [0.15, 0.2) is 12.1 Å². The van der Waals surface area contributed by atoms with Crippen molar-refractivity contribution >= 4 is 28.6 Å². The molecule has 2 aromatic rings. The second kappa shape index (κ2) is 5.81. The number of likely N-dealkylation sites (tertiary alicyclic amines) is 1. The van der Waals surface area contributed by atoms with Crippen molar-refractivity contribution in [2.24, 2.45) is 0 Å². The highest BCUT2D eigenvalue weighted by molar-refractivity contribution is 6.31. The van der Waals surface area contributed by atoms with Gasteiger partial charge in [-0.1, -0.05) is 18.0 Å². The van der Waals surface area contributed by atoms with E-state index in [1.807, 2.05) is 4.57 Å². The number of piperidine rings is 1. The first kappa shape index (κ1) is 14.6. The standard InChI is InChI=1S/C15H20ClFN4/c1-10(20-5-3-2-4-6-20)9-21-14-7-11(16)12(17)8-13(14)19-15(21)18/h7-8,10H,2-6,9H2,1H3,(H2,18,19). The summed E-state index contributed by atoms with van der Waals surface area (Å²) in [4.78, 5) is 6.71. The van der Waals surface area contributed by atoms with Gasteiger partial charge in [-0.15, -0.1) is 0 Å². The van der Waals surface area contributed by atoms with E-state index in [9.17, 15) is 4.39 Å². The molecule has 3 rings (SSSR count). The third-order valence-electron chi connectivity index (χ3n) is 4.28. The molecule has 0 amide bonds. The average Bonchev–Trinajstić information content (AvgIpc) is 2.76. The van der Waals surface area contributed by atoms with Gasteiger partial charge in [0.2, 0.25) is 5.95 Å². The van der Waals surface area contributed by atoms with Gasteiger partial charge in [0.1, 0.15) is 5.82 Å². The number of nitrogens with two attached hydrogens (primary N) is 1. The molecule has 6 heteroatoms. The molecule has 0 aliphatic carbocycles. The van der Waals surface area contributed by atoms with Crippen molar-refractivity contribution in [3.05, 3.63) is 23.0 Å². The maximum atomic E-state index is 13.5. The molecular weight excluding hydrogens is 291 g/mol. The SMILES string of the molecule is CC(Cn1c(N)nc2cc(F)c(Cl)cc21)N1CCCCC1. The molecule has 1 aliphatic rings. The molecule has 0 spiro atoms. The number of rotatable bonds is 3. The monoisotopic (exact) mass is 310 g/mol. The molecule has 1 saturated heterocycles. The number of imidazole rings is 1. The van der Waals surface area contributed by atoms with Crippen LogP contribution in [0.2, 0.25) is 5.02 Å². The highest BCUT2D eigenvalue weighted by atomic mass is 35.5. The van der Waals surface area contributed by atoms with Gasteiger partial charge < -0.3 is 10.3 Å². The number of nitrogens with zero attached hydrogens (tertiary/aromatic N) is 3. The molecule has 0 bridgehead atoms. The Morgan fingerprint density at radius 1 is 1.33 bits per heavy atom. The fourth-order valence-electron chi connectivity index (χ4n) is 3.07. The third kappa shape index (κ3) is 2.85. The van der Waals surface area contributed by atoms with Gasteiger partial charge in [0.15, 0.2) is 0 Å². The zero-order valence-corrected chi connectivity index (χ0v) is 12.9. The molecule has 1 aromatic carbocycles. The first-order chi connectivity index (χ1) is 10.1. The van der Waals surface area contributed by atoms with Gasteiger partial charge in [-0.3, -0.25) is 4.90 Å². The summed E-state index contributed by atoms with van der Waals surface area (Å²) in [7, 11) is 0. The minimum absolute atomic E-state index is 0.106. The van der Waals surface area contributed by atoms with Crippen molar-refractivity contribution < 1.29 is 4.39 Å². The van der Waals surface area contributed by atoms with Crippen LogP contribution in [0.4, 0.5) is 10.3 Å². The zero-order valence-electron chi connectivity index (χ0n) is 12.1. The Balaban J connectivity index is 1.89. The lowest BCUT2D eigenvalue weighted by Gasteiger charge is -2.32. The molecule has 21 heavy (non-hydrogen) atoms. The van der Waals surface area contributed by atoms with Crippen molar-refractivity contribution in [2.45, 2.75) is 38.8 Å². The van der Waals surface area contributed by atoms with Gasteiger partial charge in [-0.05, 0) is 38.9 Å². The Morgan fingerprint density at radius 2 is 2.05 bits per heavy atom. The van der Waals surface area contributed by atoms with Crippen LogP contribution in [0, 0.1) is 5.82 Å². The topological polar surface area (TPSA) is 47.1 Å². The second-order valence-corrected chi connectivity index (χ2v) is 6.19. The molecule has 2 N–H and O–H groups in total. The van der Waals surface area contributed by atoms with E-state index in [0.29, 0.717) is 17.5 Å². The van der Waals surface area contributed by atoms with Gasteiger partial charge in [-0.25, -0.2) is 9.37 Å². The summed E-state index contributed by atoms with van der Waals surface area (Å²) in [5.74, 6) is -0.0478. The fraction of sp³-hybridized carbons (Fsp3) is 0.533. The summed E-state index contributed by atoms with van der Waals surface area (Å²) in [6, 6.07) is 3.32. The van der Waals surface area contributed by atoms with Gasteiger partial charge in [0, 0.05) is 18.7 Å². The second-order valence-electron chi connectivity index (χ2n) is 5.78. The molecule has 2 heterocycles. The molecule has 0 radical (unpaired) electrons. The van der Waals surface area contributed by atoms with Gasteiger partial charge in [0.25, 0.3) is 0 Å². The minimum Gasteiger partial charge on any atom is -0.369 e. The summed E-state index contributed by atoms with van der Waals surface area (Å²) < 4.78 is 15.4. The van der Waals surface area contributed by atoms with Crippen molar-refractivity contribution in [3.8, 4) is 0 Å². The molecule has 114 valence electrons. The number of hydrogen-bond acceptors (Lipinski definition) is 3. The highest BCUT2D eigenvalue weighted by Crippen LogP contribution is 2.25. The van der Waals surface area contributed by atoms with Crippen molar-refractivity contribution in [1.82, 2.24) is 14.5 Å². The normalized spacial score (nSPS) is 18.2. The van der Waals surface area contributed by atoms with E-state index in [2.05, 4.69) is 16.8 Å². The van der Waals surface area contributed by atoms with Crippen LogP contribution in [-0.2, 0) is 6.54 Å². The number of halogens is 2. The Kier molecular flexibility index (Phi) is 4.04. The minimum atomic E-state index is -0.460. The fourth-order valence-corrected chi connectivity index (χ4v) is 3.23. The van der Waals surface area contributed by atoms with E-state index < -0.39 is 5.82 Å². The van der Waals surface area contributed by atoms with E-state index in [4.69, 9.17) is 17.3 Å². The Labute approximate surface area is 128 Å². The van der Waals surface area contributed by atoms with Crippen LogP contribution < -0.4 is 5.73 Å². The van der Waals surface area contributed by atoms with Crippen LogP contribution in [-0.4, -0.2) is 33.6 Å². The van der Waals surface area contributed by atoms with Crippen LogP contribution in [0.1, 0.15) is 26.2 Å². The van der Waals surface area contributed by atoms with Gasteiger partial charge in [-0.2, -0.15) is 0 Å². The van der Waals surface area contributed by atoms with Crippen molar-refractivity contribution in [2.75, 3.05) is 18.8 Å². The zero-order chi connectivity index (χ0) is 15.0. The number of hydrogen-bond donors (Lipinski definition) is 1. The van der Waals surface area contributed by atoms with Gasteiger partial charge in [0.05, 0.1) is 16.1 Å². The average molecular weight is 311 g/mol. The molecular formula is C15H20ClFN4. The Hall–Kier alpha value is -1.33. The summed E-state index contributed by atoms with van der Waals surface area (Å²) >= 11 is 5.89. The Bertz CT molecular complexity index is 649. The Morgan fingerprint density at radius 3 is 2.76 bits per heavy atom. The molecule has 1 fully saturated rings. The molecule has 1 unspecified atom stereocenters. The quantitative estimate of drug-likeness (QED) is 0.946. The van der Waals surface area contributed by atoms with E-state index in [1.165, 1.54) is 25.3 Å². The van der Waals surface area contributed by atoms with E-state index in [0.717, 1.165) is 25.2 Å². The van der Waals surface area contributed by atoms with Crippen molar-refractivity contribution in [1.29, 1.82) is 0 Å². The van der Waals surface area contributed by atoms with Crippen LogP contribution in [0.5, 0.6) is 0 Å². The third-order valence-corrected chi connectivity index (χ3v) is 4.57. The van der Waals surface area contributed by atoms with E-state index in [1.54, 1.807) is 6.07 Å². The largest absolute Gasteiger partial charge is 0.369 e. The highest BCUT2D eigenvalue weighted by Gasteiger charge is 2.19. The first-order valence-electron chi connectivity index (χ1n) is 7.41. The summed E-state index contributed by atoms with van der Waals surface area (Å²) in [5, 5.41) is 0.106. The molecule has 4 nitrogen and oxygen atoms in total. The molecule has 1 aliphatic heterocycles. The number of nitrogen functional groups attached to an aromatic ring is 1. The van der Waals surface area contributed by atoms with Gasteiger partial charge >= 0.3 is 0 Å². The lowest BCUT2D eigenvalue weighted by atomic mass is 10.1. The predicted molar refractivity (Wildman–Crippen MR) is 84.0 cm³/mol. The van der Waals surface area contributed by atoms with Crippen LogP contribution in [0.25, 0.3) is 11.0 Å². The maximum absolute atomic E-state index is 13.5. The molecule has 0 saturated carbocycles. The van der Waals surface area contributed by atoms with E-state index in [-0.39, 0.29) is 5.02 Å². The van der Waals surface area contributed by atoms with E-state index >= 15 is 0 Å². The summed E-state index contributed by atoms with van der Waals surface area (Å²) in [6.07, 6.45) is 3.82. The number of fused-ring (bicyclic) bond motifs is 1. The van der Waals surface area contributed by atoms with Crippen LogP contribution in [0.3, 0.4) is 0 Å². The molecule has 1 aromatic heterocycles. The summed E-state index contributed by atoms with van der Waals surface area (Å²) in [6.45, 7) is 5.19. The van der Waals surface area contributed by atoms with Crippen molar-refractivity contribution in [3.63, 3.8) is 0 Å². The smallest absolute Gasteiger partial charge is 0.201 e. The van der Waals surface area contributed by atoms with Crippen LogP contribution >= 0.6 is 11.6 Å². The number of aromatic nitrogens is 2. The lowest BCUT2D eigenvalue weighted by molar-refractivity contribution is 0.161. The number of anilines is 1. The predicted octanol–water partition coefficient (Wildman–Crippen LogP) is 3.29. The molecule has 1 atom stereocenters. The lowest BCUT2D eigenvalue weighted by Crippen LogP contribution is -2.39. The summed E-state index contributed by atoms with van der Waals surface area (Å²) in [5.41, 5.74) is 7.35. The maximum Gasteiger partial charge on any atom is 0.201 e. The number of benzene rings is 1. The first-order valence-corrected chi connectivity index (χ1v) is 7.79.